The highest BCUT2D eigenvalue weighted by Crippen LogP contribution is 2.36. The zero-order valence-electron chi connectivity index (χ0n) is 26.4. The first-order chi connectivity index (χ1) is 22.6. The Morgan fingerprint density at radius 3 is 2.04 bits per heavy atom. The molecule has 0 heterocycles. The van der Waals surface area contributed by atoms with Crippen molar-refractivity contribution in [3.8, 4) is 23.0 Å². The molecule has 47 heavy (non-hydrogen) atoms. The molecule has 0 fully saturated rings. The summed E-state index contributed by atoms with van der Waals surface area (Å²) in [5.41, 5.74) is 1.78. The number of rotatable bonds is 13. The van der Waals surface area contributed by atoms with Gasteiger partial charge in [0.25, 0.3) is 11.8 Å². The molecule has 244 valence electrons. The largest absolute Gasteiger partial charge is 0.496 e. The van der Waals surface area contributed by atoms with Crippen molar-refractivity contribution in [3.05, 3.63) is 107 Å². The first-order valence-electron chi connectivity index (χ1n) is 14.3. The summed E-state index contributed by atoms with van der Waals surface area (Å²) in [6.45, 7) is 1.77. The molecular formula is C35H34ClN3O7S. The van der Waals surface area contributed by atoms with Crippen LogP contribution >= 0.6 is 23.4 Å². The average molecular weight is 676 g/mol. The van der Waals surface area contributed by atoms with Gasteiger partial charge in [0.1, 0.15) is 17.2 Å². The van der Waals surface area contributed by atoms with Crippen molar-refractivity contribution in [2.75, 3.05) is 39.1 Å². The van der Waals surface area contributed by atoms with Gasteiger partial charge >= 0.3 is 0 Å². The minimum Gasteiger partial charge on any atom is -0.496 e. The molecule has 3 N–H and O–H groups in total. The number of nitrogens with one attached hydrogen (secondary N) is 3. The summed E-state index contributed by atoms with van der Waals surface area (Å²) < 4.78 is 21.5. The predicted molar refractivity (Wildman–Crippen MR) is 185 cm³/mol. The lowest BCUT2D eigenvalue weighted by atomic mass is 10.1. The van der Waals surface area contributed by atoms with Crippen molar-refractivity contribution < 1.29 is 33.3 Å². The number of carbonyl (C=O) groups is 3. The van der Waals surface area contributed by atoms with Crippen molar-refractivity contribution >= 4 is 58.5 Å². The second-order valence-electron chi connectivity index (χ2n) is 9.91. The maximum absolute atomic E-state index is 13.7. The number of benzene rings is 4. The second kappa shape index (κ2) is 16.4. The lowest BCUT2D eigenvalue weighted by molar-refractivity contribution is -0.115. The molecule has 4 aromatic rings. The molecule has 0 aliphatic carbocycles. The fraction of sp³-hybridized carbons (Fsp3) is 0.171. The Morgan fingerprint density at radius 1 is 0.723 bits per heavy atom. The van der Waals surface area contributed by atoms with Crippen molar-refractivity contribution in [2.45, 2.75) is 17.1 Å². The Labute approximate surface area is 282 Å². The molecule has 0 aromatic heterocycles. The van der Waals surface area contributed by atoms with Crippen LogP contribution in [-0.2, 0) is 9.59 Å². The molecule has 1 unspecified atom stereocenters. The summed E-state index contributed by atoms with van der Waals surface area (Å²) in [6, 6.07) is 23.8. The number of anilines is 2. The van der Waals surface area contributed by atoms with Gasteiger partial charge < -0.3 is 34.9 Å². The van der Waals surface area contributed by atoms with Gasteiger partial charge in [-0.1, -0.05) is 35.9 Å². The molecule has 4 rings (SSSR count). The van der Waals surface area contributed by atoms with E-state index in [9.17, 15) is 14.4 Å². The number of hydrogen-bond donors (Lipinski definition) is 3. The number of hydrogen-bond acceptors (Lipinski definition) is 8. The third-order valence-electron chi connectivity index (χ3n) is 6.76. The van der Waals surface area contributed by atoms with Gasteiger partial charge in [-0.3, -0.25) is 14.4 Å². The van der Waals surface area contributed by atoms with E-state index in [2.05, 4.69) is 16.0 Å². The molecule has 0 aliphatic heterocycles. The lowest BCUT2D eigenvalue weighted by Gasteiger charge is -2.15. The van der Waals surface area contributed by atoms with Crippen LogP contribution in [0.5, 0.6) is 23.0 Å². The maximum atomic E-state index is 13.7. The van der Waals surface area contributed by atoms with E-state index in [1.54, 1.807) is 85.8 Å². The molecule has 12 heteroatoms. The number of amides is 3. The van der Waals surface area contributed by atoms with Gasteiger partial charge in [0.05, 0.1) is 38.7 Å². The molecule has 1 atom stereocenters. The average Bonchev–Trinajstić information content (AvgIpc) is 3.08. The fourth-order valence-corrected chi connectivity index (χ4v) is 5.54. The van der Waals surface area contributed by atoms with Gasteiger partial charge in [-0.2, -0.15) is 0 Å². The summed E-state index contributed by atoms with van der Waals surface area (Å²) in [6.07, 6.45) is 1.49. The monoisotopic (exact) mass is 675 g/mol. The molecule has 0 radical (unpaired) electrons. The van der Waals surface area contributed by atoms with E-state index in [-0.39, 0.29) is 11.6 Å². The smallest absolute Gasteiger partial charge is 0.272 e. The van der Waals surface area contributed by atoms with E-state index < -0.39 is 17.1 Å². The van der Waals surface area contributed by atoms with Gasteiger partial charge in [0.2, 0.25) is 5.91 Å². The third kappa shape index (κ3) is 9.21. The minimum atomic E-state index is -0.588. The van der Waals surface area contributed by atoms with Crippen molar-refractivity contribution in [1.82, 2.24) is 5.32 Å². The highest BCUT2D eigenvalue weighted by Gasteiger charge is 2.19. The Kier molecular flexibility index (Phi) is 12.1. The number of methoxy groups -OCH3 is 4. The van der Waals surface area contributed by atoms with Crippen LogP contribution in [-0.4, -0.2) is 51.4 Å². The maximum Gasteiger partial charge on any atom is 0.272 e. The molecule has 0 spiro atoms. The van der Waals surface area contributed by atoms with Crippen LogP contribution in [0.3, 0.4) is 0 Å². The van der Waals surface area contributed by atoms with Crippen molar-refractivity contribution in [3.63, 3.8) is 0 Å². The van der Waals surface area contributed by atoms with Gasteiger partial charge in [-0.15, -0.1) is 11.8 Å². The standard InChI is InChI=1S/C35H34ClN3O7S/c1-21(33(40)37-25-14-15-29(43-2)27(36)19-25)47-26-13-9-12-24(18-26)38-35(42)28(39-34(41)22-10-7-6-8-11-22)16-23-17-31(45-4)32(46-5)20-30(23)44-3/h6-21H,1-5H3,(H,37,40)(H,38,42)(H,39,41)/b28-16+. The van der Waals surface area contributed by atoms with Gasteiger partial charge in [-0.25, -0.2) is 0 Å². The Morgan fingerprint density at radius 2 is 1.38 bits per heavy atom. The highest BCUT2D eigenvalue weighted by atomic mass is 35.5. The van der Waals surface area contributed by atoms with E-state index in [0.29, 0.717) is 50.5 Å². The summed E-state index contributed by atoms with van der Waals surface area (Å²) in [7, 11) is 5.99. The molecule has 3 amide bonds. The van der Waals surface area contributed by atoms with Crippen LogP contribution in [0.1, 0.15) is 22.8 Å². The number of carbonyl (C=O) groups excluding carboxylic acids is 3. The minimum absolute atomic E-state index is 0.0478. The second-order valence-corrected chi connectivity index (χ2v) is 11.7. The normalized spacial score (nSPS) is 11.6. The zero-order valence-corrected chi connectivity index (χ0v) is 28.0. The third-order valence-corrected chi connectivity index (χ3v) is 8.15. The Hall–Kier alpha value is -5.13. The first-order valence-corrected chi connectivity index (χ1v) is 15.5. The zero-order chi connectivity index (χ0) is 33.9. The number of thioether (sulfide) groups is 1. The lowest BCUT2D eigenvalue weighted by Crippen LogP contribution is -2.30. The van der Waals surface area contributed by atoms with E-state index in [1.165, 1.54) is 46.3 Å². The van der Waals surface area contributed by atoms with Crippen molar-refractivity contribution in [2.24, 2.45) is 0 Å². The Balaban J connectivity index is 1.56. The van der Waals surface area contributed by atoms with Crippen molar-refractivity contribution in [1.29, 1.82) is 0 Å². The summed E-state index contributed by atoms with van der Waals surface area (Å²) in [4.78, 5) is 40.5. The van der Waals surface area contributed by atoms with Gasteiger partial charge in [-0.05, 0) is 67.6 Å². The summed E-state index contributed by atoms with van der Waals surface area (Å²) >= 11 is 7.50. The van der Waals surface area contributed by atoms with E-state index in [4.69, 9.17) is 30.5 Å². The van der Waals surface area contributed by atoms with Crippen LogP contribution in [0.15, 0.2) is 95.5 Å². The SMILES string of the molecule is COc1ccc(NC(=O)C(C)Sc2cccc(NC(=O)/C(=C\c3cc(OC)c(OC)cc3OC)NC(=O)c3ccccc3)c2)cc1Cl. The molecule has 4 aromatic carbocycles. The van der Waals surface area contributed by atoms with E-state index in [0.717, 1.165) is 4.90 Å². The van der Waals surface area contributed by atoms with E-state index in [1.807, 2.05) is 6.07 Å². The highest BCUT2D eigenvalue weighted by molar-refractivity contribution is 8.00. The number of halogens is 1. The van der Waals surface area contributed by atoms with Gasteiger partial charge in [0, 0.05) is 33.5 Å². The quantitative estimate of drug-likeness (QED) is 0.103. The molecular weight excluding hydrogens is 642 g/mol. The molecule has 0 aliphatic rings. The van der Waals surface area contributed by atoms with Gasteiger partial charge in [0.15, 0.2) is 11.5 Å². The van der Waals surface area contributed by atoms with Crippen LogP contribution < -0.4 is 34.9 Å². The fourth-order valence-electron chi connectivity index (χ4n) is 4.35. The first kappa shape index (κ1) is 34.7. The van der Waals surface area contributed by atoms with Crippen LogP contribution in [0.25, 0.3) is 6.08 Å². The van der Waals surface area contributed by atoms with Crippen LogP contribution in [0.4, 0.5) is 11.4 Å². The molecule has 0 saturated heterocycles. The van der Waals surface area contributed by atoms with Crippen LogP contribution in [0, 0.1) is 0 Å². The number of ether oxygens (including phenoxy) is 4. The molecule has 10 nitrogen and oxygen atoms in total. The molecule has 0 bridgehead atoms. The topological polar surface area (TPSA) is 124 Å². The summed E-state index contributed by atoms with van der Waals surface area (Å²) in [5.74, 6) is 0.445. The van der Waals surface area contributed by atoms with Crippen LogP contribution in [0.2, 0.25) is 5.02 Å². The van der Waals surface area contributed by atoms with E-state index >= 15 is 0 Å². The summed E-state index contributed by atoms with van der Waals surface area (Å²) in [5, 5.41) is 8.32. The predicted octanol–water partition coefficient (Wildman–Crippen LogP) is 6.90. The Bertz CT molecular complexity index is 1780. The molecule has 0 saturated carbocycles.